The summed E-state index contributed by atoms with van der Waals surface area (Å²) in [5.74, 6) is -1.23. The van der Waals surface area contributed by atoms with Crippen molar-refractivity contribution in [2.45, 2.75) is 24.2 Å². The maximum Gasteiger partial charge on any atom is 0.303 e. The molecule has 0 spiro atoms. The summed E-state index contributed by atoms with van der Waals surface area (Å²) in [5.41, 5.74) is 6.52. The summed E-state index contributed by atoms with van der Waals surface area (Å²) in [6, 6.07) is 4.68. The number of carboxylic acids is 1. The minimum absolute atomic E-state index is 0.0519. The van der Waals surface area contributed by atoms with Crippen LogP contribution in [0.4, 0.5) is 11.4 Å². The van der Waals surface area contributed by atoms with E-state index in [1.165, 1.54) is 6.07 Å². The Labute approximate surface area is 118 Å². The third-order valence-electron chi connectivity index (χ3n) is 2.24. The second kappa shape index (κ2) is 8.38. The number of nitrogens with two attached hydrogens (primary N) is 1. The first-order chi connectivity index (χ1) is 9.52. The van der Waals surface area contributed by atoms with Crippen LogP contribution in [-0.4, -0.2) is 22.2 Å². The molecular weight excluding hydrogens is 288 g/mol. The zero-order valence-corrected chi connectivity index (χ0v) is 11.2. The van der Waals surface area contributed by atoms with Gasteiger partial charge in [0.15, 0.2) is 0 Å². The largest absolute Gasteiger partial charge is 0.481 e. The molecule has 0 aromatic heterocycles. The average Bonchev–Trinajstić information content (AvgIpc) is 2.37. The summed E-state index contributed by atoms with van der Waals surface area (Å²) < 4.78 is 4.25. The van der Waals surface area contributed by atoms with Crippen LogP contribution in [-0.2, 0) is 19.0 Å². The van der Waals surface area contributed by atoms with Gasteiger partial charge in [0, 0.05) is 24.2 Å². The quantitative estimate of drug-likeness (QED) is 0.248. The molecular formula is C11H14N2O6S. The first kappa shape index (κ1) is 16.2. The predicted octanol–water partition coefficient (Wildman–Crippen LogP) is 1.89. The van der Waals surface area contributed by atoms with Crippen LogP contribution in [0.5, 0.6) is 0 Å². The molecule has 110 valence electrons. The molecule has 1 amide bonds. The Morgan fingerprint density at radius 1 is 1.35 bits per heavy atom. The Kier molecular flexibility index (Phi) is 6.81. The van der Waals surface area contributed by atoms with Gasteiger partial charge in [-0.15, -0.1) is 4.33 Å². The molecule has 0 saturated heterocycles. The number of nitrogen functional groups attached to an aromatic ring is 1. The van der Waals surface area contributed by atoms with Gasteiger partial charge in [0.05, 0.1) is 16.9 Å². The number of aliphatic carboxylic acids is 1. The number of benzene rings is 1. The molecule has 0 atom stereocenters. The highest BCUT2D eigenvalue weighted by Crippen LogP contribution is 2.28. The summed E-state index contributed by atoms with van der Waals surface area (Å²) in [6.07, 6.45) is 0.333. The van der Waals surface area contributed by atoms with Crippen molar-refractivity contribution in [3.05, 3.63) is 18.2 Å². The molecule has 0 unspecified atom stereocenters. The lowest BCUT2D eigenvalue weighted by Crippen LogP contribution is -2.12. The summed E-state index contributed by atoms with van der Waals surface area (Å²) in [6.45, 7) is 0. The smallest absolute Gasteiger partial charge is 0.303 e. The Bertz CT molecular complexity index is 482. The maximum absolute atomic E-state index is 11.5. The van der Waals surface area contributed by atoms with Crippen LogP contribution in [0, 0.1) is 0 Å². The molecule has 0 aliphatic carbocycles. The number of rotatable bonds is 8. The lowest BCUT2D eigenvalue weighted by molar-refractivity contribution is -0.432. The van der Waals surface area contributed by atoms with Gasteiger partial charge >= 0.3 is 5.97 Å². The van der Waals surface area contributed by atoms with Gasteiger partial charge in [-0.1, -0.05) is 5.04 Å². The number of nitrogens with one attached hydrogen (secondary N) is 1. The third kappa shape index (κ3) is 5.89. The number of carboxylic acid groups (broad SMARTS) is 1. The lowest BCUT2D eigenvalue weighted by Gasteiger charge is -2.08. The van der Waals surface area contributed by atoms with Crippen LogP contribution < -0.4 is 11.1 Å². The monoisotopic (exact) mass is 302 g/mol. The van der Waals surface area contributed by atoms with E-state index in [0.29, 0.717) is 28.3 Å². The van der Waals surface area contributed by atoms with Crippen LogP contribution in [0.3, 0.4) is 0 Å². The van der Waals surface area contributed by atoms with Gasteiger partial charge in [-0.25, -0.2) is 5.26 Å². The molecule has 1 aromatic carbocycles. The van der Waals surface area contributed by atoms with E-state index in [9.17, 15) is 9.59 Å². The first-order valence-electron chi connectivity index (χ1n) is 5.59. The van der Waals surface area contributed by atoms with Gasteiger partial charge in [-0.2, -0.15) is 0 Å². The van der Waals surface area contributed by atoms with E-state index < -0.39 is 5.97 Å². The average molecular weight is 302 g/mol. The van der Waals surface area contributed by atoms with E-state index in [1.807, 2.05) is 0 Å². The van der Waals surface area contributed by atoms with Crippen LogP contribution in [0.1, 0.15) is 19.3 Å². The predicted molar refractivity (Wildman–Crippen MR) is 71.6 cm³/mol. The Balaban J connectivity index is 2.49. The van der Waals surface area contributed by atoms with Crippen molar-refractivity contribution in [1.82, 2.24) is 0 Å². The molecule has 0 heterocycles. The third-order valence-corrected chi connectivity index (χ3v) is 2.92. The van der Waals surface area contributed by atoms with Gasteiger partial charge in [0.25, 0.3) is 0 Å². The molecule has 20 heavy (non-hydrogen) atoms. The minimum atomic E-state index is -0.936. The minimum Gasteiger partial charge on any atom is -0.481 e. The van der Waals surface area contributed by atoms with Crippen LogP contribution in [0.25, 0.3) is 0 Å². The molecule has 1 aromatic rings. The summed E-state index contributed by atoms with van der Waals surface area (Å²) in [7, 11) is 0. The van der Waals surface area contributed by atoms with Gasteiger partial charge < -0.3 is 16.2 Å². The molecule has 0 bridgehead atoms. The maximum atomic E-state index is 11.5. The van der Waals surface area contributed by atoms with Crippen LogP contribution in [0.15, 0.2) is 23.1 Å². The van der Waals surface area contributed by atoms with Crippen molar-refractivity contribution < 1.29 is 29.3 Å². The highest BCUT2D eigenvalue weighted by molar-refractivity contribution is 7.94. The lowest BCUT2D eigenvalue weighted by atomic mass is 10.2. The molecule has 0 aliphatic rings. The Morgan fingerprint density at radius 2 is 2.10 bits per heavy atom. The van der Waals surface area contributed by atoms with Gasteiger partial charge in [0.2, 0.25) is 5.91 Å². The van der Waals surface area contributed by atoms with E-state index in [0.717, 1.165) is 0 Å². The summed E-state index contributed by atoms with van der Waals surface area (Å²) >= 11 is 0.717. The van der Waals surface area contributed by atoms with Crippen molar-refractivity contribution in [3.8, 4) is 0 Å². The number of carbonyl (C=O) groups is 2. The second-order valence-corrected chi connectivity index (χ2v) is 4.52. The molecule has 8 nitrogen and oxygen atoms in total. The highest BCUT2D eigenvalue weighted by atomic mass is 32.2. The van der Waals surface area contributed by atoms with Crippen molar-refractivity contribution in [2.24, 2.45) is 0 Å². The second-order valence-electron chi connectivity index (χ2n) is 3.77. The molecule has 0 radical (unpaired) electrons. The molecule has 0 aliphatic heterocycles. The zero-order valence-electron chi connectivity index (χ0n) is 10.4. The fraction of sp³-hybridized carbons (Fsp3) is 0.273. The fourth-order valence-electron chi connectivity index (χ4n) is 1.38. The number of hydrogen-bond donors (Lipinski definition) is 4. The van der Waals surface area contributed by atoms with Crippen LogP contribution in [0.2, 0.25) is 0 Å². The highest BCUT2D eigenvalue weighted by Gasteiger charge is 2.07. The summed E-state index contributed by atoms with van der Waals surface area (Å²) in [5, 5.41) is 22.5. The molecule has 9 heteroatoms. The molecule has 0 fully saturated rings. The fourth-order valence-corrected chi connectivity index (χ4v) is 1.76. The van der Waals surface area contributed by atoms with Gasteiger partial charge in [-0.3, -0.25) is 9.59 Å². The number of anilines is 2. The van der Waals surface area contributed by atoms with E-state index >= 15 is 0 Å². The number of carbonyl (C=O) groups excluding carboxylic acids is 1. The molecule has 1 rings (SSSR count). The molecule has 5 N–H and O–H groups in total. The number of amides is 1. The van der Waals surface area contributed by atoms with Gasteiger partial charge in [0.1, 0.15) is 0 Å². The SMILES string of the molecule is Nc1cc(NC(=O)CCCC(=O)O)ccc1SOOO. The first-order valence-corrected chi connectivity index (χ1v) is 6.33. The topological polar surface area (TPSA) is 131 Å². The normalized spacial score (nSPS) is 10.2. The van der Waals surface area contributed by atoms with Crippen molar-refractivity contribution in [1.29, 1.82) is 0 Å². The number of hydrogen-bond acceptors (Lipinski definition) is 7. The van der Waals surface area contributed by atoms with Crippen LogP contribution >= 0.6 is 12.0 Å². The van der Waals surface area contributed by atoms with E-state index in [4.69, 9.17) is 16.1 Å². The molecule has 0 saturated carbocycles. The van der Waals surface area contributed by atoms with Crippen molar-refractivity contribution >= 4 is 35.3 Å². The summed E-state index contributed by atoms with van der Waals surface area (Å²) in [4.78, 5) is 22.4. The standard InChI is InChI=1S/C11H14N2O6S/c12-8-6-7(4-5-9(8)20-19-18-17)13-10(14)2-1-3-11(15)16/h4-6,17H,1-3,12H2,(H,13,14)(H,15,16). The Hall–Kier alpha value is -1.81. The zero-order chi connectivity index (χ0) is 15.0. The van der Waals surface area contributed by atoms with E-state index in [-0.39, 0.29) is 25.2 Å². The van der Waals surface area contributed by atoms with Gasteiger partial charge in [-0.05, 0) is 24.6 Å². The van der Waals surface area contributed by atoms with Crippen molar-refractivity contribution in [2.75, 3.05) is 11.1 Å². The van der Waals surface area contributed by atoms with E-state index in [2.05, 4.69) is 14.7 Å². The Morgan fingerprint density at radius 3 is 2.70 bits per heavy atom. The van der Waals surface area contributed by atoms with Crippen molar-refractivity contribution in [3.63, 3.8) is 0 Å². The van der Waals surface area contributed by atoms with E-state index in [1.54, 1.807) is 12.1 Å².